The first-order valence-corrected chi connectivity index (χ1v) is 10.4. The largest absolute Gasteiger partial charge is 0.426 e. The number of nitrogens with one attached hydrogen (secondary N) is 1. The summed E-state index contributed by atoms with van der Waals surface area (Å²) in [6.45, 7) is 0. The molecular formula is C23H18FN3O2S. The molecular weight excluding hydrogens is 401 g/mol. The van der Waals surface area contributed by atoms with Gasteiger partial charge in [0.25, 0.3) is 0 Å². The van der Waals surface area contributed by atoms with Crippen LogP contribution in [-0.4, -0.2) is 27.1 Å². The van der Waals surface area contributed by atoms with E-state index in [9.17, 15) is 14.4 Å². The van der Waals surface area contributed by atoms with E-state index in [4.69, 9.17) is 0 Å². The molecule has 0 saturated carbocycles. The number of hydrogen-bond acceptors (Lipinski definition) is 4. The molecule has 2 N–H and O–H groups in total. The first kappa shape index (κ1) is 19.7. The third-order valence-electron chi connectivity index (χ3n) is 4.55. The molecule has 1 heterocycles. The van der Waals surface area contributed by atoms with E-state index in [2.05, 4.69) is 10.3 Å². The second kappa shape index (κ2) is 8.42. The lowest BCUT2D eigenvalue weighted by molar-refractivity contribution is -0.111. The zero-order valence-electron chi connectivity index (χ0n) is 16.0. The Morgan fingerprint density at radius 2 is 1.83 bits per heavy atom. The molecule has 4 aromatic rings. The molecule has 0 aliphatic rings. The Bertz CT molecular complexity index is 1230. The topological polar surface area (TPSA) is 67.2 Å². The van der Waals surface area contributed by atoms with Gasteiger partial charge in [-0.15, -0.1) is 11.8 Å². The van der Waals surface area contributed by atoms with Crippen LogP contribution < -0.4 is 5.32 Å². The van der Waals surface area contributed by atoms with Crippen LogP contribution in [0.3, 0.4) is 0 Å². The maximum Gasteiger partial charge on any atom is 0.248 e. The van der Waals surface area contributed by atoms with Crippen LogP contribution in [0.2, 0.25) is 0 Å². The summed E-state index contributed by atoms with van der Waals surface area (Å²) in [5.41, 5.74) is 3.40. The molecule has 1 amide bonds. The van der Waals surface area contributed by atoms with Gasteiger partial charge < -0.3 is 10.5 Å². The number of carbonyl (C=O) groups is 1. The molecule has 0 fully saturated rings. The minimum absolute atomic E-state index is 0.300. The van der Waals surface area contributed by atoms with Crippen LogP contribution in [0.5, 0.6) is 0 Å². The van der Waals surface area contributed by atoms with Gasteiger partial charge in [-0.05, 0) is 72.5 Å². The number of nitrogens with zero attached hydrogens (tertiary/aromatic N) is 2. The van der Waals surface area contributed by atoms with Gasteiger partial charge in [0.05, 0.1) is 5.52 Å². The van der Waals surface area contributed by atoms with E-state index < -0.39 is 0 Å². The van der Waals surface area contributed by atoms with E-state index in [-0.39, 0.29) is 11.7 Å². The van der Waals surface area contributed by atoms with E-state index in [0.29, 0.717) is 22.5 Å². The normalized spacial score (nSPS) is 11.3. The van der Waals surface area contributed by atoms with Crippen molar-refractivity contribution in [2.24, 2.45) is 0 Å². The lowest BCUT2D eigenvalue weighted by Crippen LogP contribution is -2.07. The third kappa shape index (κ3) is 4.21. The van der Waals surface area contributed by atoms with Crippen LogP contribution in [-0.2, 0) is 4.79 Å². The maximum absolute atomic E-state index is 12.9. The van der Waals surface area contributed by atoms with Gasteiger partial charge in [0, 0.05) is 22.2 Å². The van der Waals surface area contributed by atoms with Crippen molar-refractivity contribution in [3.05, 3.63) is 84.2 Å². The highest BCUT2D eigenvalue weighted by Gasteiger charge is 2.12. The minimum atomic E-state index is -0.321. The zero-order valence-corrected chi connectivity index (χ0v) is 16.9. The number of fused-ring (bicyclic) bond motifs is 1. The molecule has 150 valence electrons. The summed E-state index contributed by atoms with van der Waals surface area (Å²) in [7, 11) is 0. The quantitative estimate of drug-likeness (QED) is 0.256. The molecule has 0 spiro atoms. The number of imidazole rings is 1. The predicted molar refractivity (Wildman–Crippen MR) is 118 cm³/mol. The highest BCUT2D eigenvalue weighted by atomic mass is 32.2. The van der Waals surface area contributed by atoms with Crippen molar-refractivity contribution in [3.8, 4) is 11.4 Å². The molecule has 0 aliphatic carbocycles. The monoisotopic (exact) mass is 419 g/mol. The number of halogens is 1. The second-order valence-corrected chi connectivity index (χ2v) is 7.43. The number of amides is 1. The fourth-order valence-corrected chi connectivity index (χ4v) is 3.42. The Morgan fingerprint density at radius 1 is 1.10 bits per heavy atom. The van der Waals surface area contributed by atoms with E-state index in [0.717, 1.165) is 20.8 Å². The van der Waals surface area contributed by atoms with Gasteiger partial charge in [0.15, 0.2) is 5.82 Å². The summed E-state index contributed by atoms with van der Waals surface area (Å²) in [4.78, 5) is 17.6. The first-order valence-electron chi connectivity index (χ1n) is 9.14. The van der Waals surface area contributed by atoms with Crippen molar-refractivity contribution in [2.45, 2.75) is 4.90 Å². The molecule has 5 nitrogen and oxygen atoms in total. The lowest BCUT2D eigenvalue weighted by atomic mass is 10.2. The number of aromatic nitrogens is 2. The van der Waals surface area contributed by atoms with Crippen LogP contribution in [0.4, 0.5) is 10.1 Å². The summed E-state index contributed by atoms with van der Waals surface area (Å²) < 4.78 is 14.0. The second-order valence-electron chi connectivity index (χ2n) is 6.55. The molecule has 1 aromatic heterocycles. The van der Waals surface area contributed by atoms with Crippen molar-refractivity contribution in [3.63, 3.8) is 0 Å². The standard InChI is InChI=1S/C23H18FN3O2S/c1-30-19-11-12-20-21(14-19)27(29)23(26-20)16-5-9-18(10-6-16)25-22(28)13-4-15-2-7-17(24)8-3-15/h2-14,29H,1H3,(H,25,28). The van der Waals surface area contributed by atoms with Crippen LogP contribution in [0.25, 0.3) is 28.5 Å². The first-order chi connectivity index (χ1) is 14.5. The highest BCUT2D eigenvalue weighted by molar-refractivity contribution is 7.98. The summed E-state index contributed by atoms with van der Waals surface area (Å²) >= 11 is 1.59. The van der Waals surface area contributed by atoms with Crippen LogP contribution >= 0.6 is 11.8 Å². The van der Waals surface area contributed by atoms with Gasteiger partial charge in [-0.25, -0.2) is 9.37 Å². The average molecular weight is 419 g/mol. The Balaban J connectivity index is 1.49. The third-order valence-corrected chi connectivity index (χ3v) is 5.27. The summed E-state index contributed by atoms with van der Waals surface area (Å²) in [6, 6.07) is 18.6. The molecule has 0 bridgehead atoms. The molecule has 30 heavy (non-hydrogen) atoms. The van der Waals surface area contributed by atoms with E-state index in [1.165, 1.54) is 18.2 Å². The van der Waals surface area contributed by atoms with Gasteiger partial charge in [-0.1, -0.05) is 12.1 Å². The molecule has 3 aromatic carbocycles. The Hall–Kier alpha value is -3.58. The summed E-state index contributed by atoms with van der Waals surface area (Å²) in [6.07, 6.45) is 4.97. The highest BCUT2D eigenvalue weighted by Crippen LogP contribution is 2.27. The molecule has 4 rings (SSSR count). The van der Waals surface area contributed by atoms with Crippen molar-refractivity contribution >= 4 is 40.5 Å². The molecule has 0 atom stereocenters. The minimum Gasteiger partial charge on any atom is -0.426 e. The molecule has 7 heteroatoms. The predicted octanol–water partition coefficient (Wildman–Crippen LogP) is 5.45. The fourth-order valence-electron chi connectivity index (χ4n) is 2.99. The summed E-state index contributed by atoms with van der Waals surface area (Å²) in [5, 5.41) is 13.3. The number of thioether (sulfide) groups is 1. The number of hydrogen-bond donors (Lipinski definition) is 2. The van der Waals surface area contributed by atoms with E-state index >= 15 is 0 Å². The Labute approximate surface area is 176 Å². The number of benzene rings is 3. The smallest absolute Gasteiger partial charge is 0.248 e. The van der Waals surface area contributed by atoms with Gasteiger partial charge in [-0.2, -0.15) is 4.73 Å². The zero-order chi connectivity index (χ0) is 21.1. The molecule has 0 unspecified atom stereocenters. The SMILES string of the molecule is CSc1ccc2nc(-c3ccc(NC(=O)C=Cc4ccc(F)cc4)cc3)n(O)c2c1. The van der Waals surface area contributed by atoms with Crippen molar-refractivity contribution < 1.29 is 14.4 Å². The lowest BCUT2D eigenvalue weighted by Gasteiger charge is -2.05. The van der Waals surface area contributed by atoms with Gasteiger partial charge in [-0.3, -0.25) is 4.79 Å². The van der Waals surface area contributed by atoms with Crippen molar-refractivity contribution in [2.75, 3.05) is 11.6 Å². The Kier molecular flexibility index (Phi) is 5.54. The van der Waals surface area contributed by atoms with Gasteiger partial charge >= 0.3 is 0 Å². The maximum atomic E-state index is 12.9. The Morgan fingerprint density at radius 3 is 2.53 bits per heavy atom. The van der Waals surface area contributed by atoms with Crippen molar-refractivity contribution in [1.82, 2.24) is 9.71 Å². The molecule has 0 saturated heterocycles. The average Bonchev–Trinajstić information content (AvgIpc) is 3.09. The molecule has 0 aliphatic heterocycles. The number of anilines is 1. The summed E-state index contributed by atoms with van der Waals surface area (Å²) in [5.74, 6) is -0.193. The van der Waals surface area contributed by atoms with Gasteiger partial charge in [0.2, 0.25) is 5.91 Å². The van der Waals surface area contributed by atoms with Crippen molar-refractivity contribution in [1.29, 1.82) is 0 Å². The van der Waals surface area contributed by atoms with Gasteiger partial charge in [0.1, 0.15) is 11.3 Å². The van der Waals surface area contributed by atoms with Crippen LogP contribution in [0.15, 0.2) is 77.7 Å². The van der Waals surface area contributed by atoms with E-state index in [1.54, 1.807) is 54.2 Å². The van der Waals surface area contributed by atoms with Crippen LogP contribution in [0, 0.1) is 5.82 Å². The molecule has 0 radical (unpaired) electrons. The number of carbonyl (C=O) groups excluding carboxylic acids is 1. The van der Waals surface area contributed by atoms with Crippen LogP contribution in [0.1, 0.15) is 5.56 Å². The van der Waals surface area contributed by atoms with E-state index in [1.807, 2.05) is 24.5 Å². The fraction of sp³-hybridized carbons (Fsp3) is 0.0435. The number of rotatable bonds is 5.